The minimum Gasteiger partial charge on any atom is -0.337 e. The smallest absolute Gasteiger partial charge is 0.272 e. The van der Waals surface area contributed by atoms with Crippen LogP contribution in [0.5, 0.6) is 0 Å². The van der Waals surface area contributed by atoms with Crippen molar-refractivity contribution in [2.75, 3.05) is 13.1 Å². The first-order valence-corrected chi connectivity index (χ1v) is 6.76. The van der Waals surface area contributed by atoms with Crippen LogP contribution in [0.3, 0.4) is 0 Å². The molecule has 1 atom stereocenters. The van der Waals surface area contributed by atoms with Crippen LogP contribution in [0.2, 0.25) is 0 Å². The van der Waals surface area contributed by atoms with Gasteiger partial charge in [0.05, 0.1) is 5.69 Å². The van der Waals surface area contributed by atoms with Crippen molar-refractivity contribution in [3.8, 4) is 0 Å². The SMILES string of the molecule is Cc1cc2nccc(C(=O)N3CCCC(C)C3)n2n1. The second kappa shape index (κ2) is 4.64. The molecule has 2 aromatic heterocycles. The Bertz CT molecular complexity index is 619. The molecule has 2 aromatic rings. The number of aromatic nitrogens is 3. The molecule has 0 saturated carbocycles. The van der Waals surface area contributed by atoms with Crippen LogP contribution < -0.4 is 0 Å². The Morgan fingerprint density at radius 1 is 1.47 bits per heavy atom. The zero-order chi connectivity index (χ0) is 13.4. The van der Waals surface area contributed by atoms with E-state index in [1.165, 1.54) is 6.42 Å². The lowest BCUT2D eigenvalue weighted by atomic mass is 10.00. The number of likely N-dealkylation sites (tertiary alicyclic amines) is 1. The molecule has 3 rings (SSSR count). The van der Waals surface area contributed by atoms with E-state index >= 15 is 0 Å². The summed E-state index contributed by atoms with van der Waals surface area (Å²) in [5.74, 6) is 0.636. The predicted molar refractivity (Wildman–Crippen MR) is 72.0 cm³/mol. The van der Waals surface area contributed by atoms with Gasteiger partial charge in [-0.2, -0.15) is 5.10 Å². The van der Waals surface area contributed by atoms with Gasteiger partial charge in [-0.3, -0.25) is 4.79 Å². The summed E-state index contributed by atoms with van der Waals surface area (Å²) in [5, 5.41) is 4.35. The van der Waals surface area contributed by atoms with Gasteiger partial charge >= 0.3 is 0 Å². The van der Waals surface area contributed by atoms with E-state index in [9.17, 15) is 4.79 Å². The number of rotatable bonds is 1. The van der Waals surface area contributed by atoms with Crippen molar-refractivity contribution in [2.24, 2.45) is 5.92 Å². The third kappa shape index (κ3) is 2.20. The van der Waals surface area contributed by atoms with Crippen molar-refractivity contribution in [1.82, 2.24) is 19.5 Å². The Morgan fingerprint density at radius 2 is 2.32 bits per heavy atom. The normalized spacial score (nSPS) is 19.9. The largest absolute Gasteiger partial charge is 0.337 e. The molecule has 1 fully saturated rings. The number of fused-ring (bicyclic) bond motifs is 1. The highest BCUT2D eigenvalue weighted by atomic mass is 16.2. The zero-order valence-corrected chi connectivity index (χ0v) is 11.3. The molecule has 0 N–H and O–H groups in total. The molecule has 0 radical (unpaired) electrons. The first-order valence-electron chi connectivity index (χ1n) is 6.76. The zero-order valence-electron chi connectivity index (χ0n) is 11.3. The summed E-state index contributed by atoms with van der Waals surface area (Å²) >= 11 is 0. The number of carbonyl (C=O) groups excluding carboxylic acids is 1. The average molecular weight is 258 g/mol. The molecule has 0 aliphatic carbocycles. The molecule has 1 aliphatic rings. The summed E-state index contributed by atoms with van der Waals surface area (Å²) in [6.45, 7) is 5.78. The summed E-state index contributed by atoms with van der Waals surface area (Å²) in [4.78, 5) is 18.8. The maximum atomic E-state index is 12.6. The van der Waals surface area contributed by atoms with E-state index in [2.05, 4.69) is 17.0 Å². The number of nitrogens with zero attached hydrogens (tertiary/aromatic N) is 4. The molecule has 1 saturated heterocycles. The van der Waals surface area contributed by atoms with Crippen LogP contribution in [-0.2, 0) is 0 Å². The van der Waals surface area contributed by atoms with E-state index in [1.807, 2.05) is 17.9 Å². The molecule has 1 aliphatic heterocycles. The maximum Gasteiger partial charge on any atom is 0.272 e. The molecule has 5 heteroatoms. The third-order valence-electron chi connectivity index (χ3n) is 3.64. The highest BCUT2D eigenvalue weighted by Gasteiger charge is 2.24. The molecule has 19 heavy (non-hydrogen) atoms. The lowest BCUT2D eigenvalue weighted by molar-refractivity contribution is 0.0674. The molecule has 1 unspecified atom stereocenters. The molecule has 0 aromatic carbocycles. The summed E-state index contributed by atoms with van der Waals surface area (Å²) < 4.78 is 1.65. The van der Waals surface area contributed by atoms with Gasteiger partial charge in [-0.05, 0) is 31.7 Å². The lowest BCUT2D eigenvalue weighted by Gasteiger charge is -2.30. The second-order valence-corrected chi connectivity index (χ2v) is 5.38. The summed E-state index contributed by atoms with van der Waals surface area (Å²) in [6.07, 6.45) is 3.97. The van der Waals surface area contributed by atoms with Crippen molar-refractivity contribution in [3.05, 3.63) is 29.7 Å². The van der Waals surface area contributed by atoms with Gasteiger partial charge in [0.2, 0.25) is 0 Å². The average Bonchev–Trinajstić information content (AvgIpc) is 2.77. The number of piperidine rings is 1. The minimum atomic E-state index is 0.0575. The Balaban J connectivity index is 1.97. The number of amides is 1. The molecule has 0 spiro atoms. The summed E-state index contributed by atoms with van der Waals surface area (Å²) in [5.41, 5.74) is 2.21. The van der Waals surface area contributed by atoms with Crippen LogP contribution >= 0.6 is 0 Å². The highest BCUT2D eigenvalue weighted by Crippen LogP contribution is 2.18. The Hall–Kier alpha value is -1.91. The van der Waals surface area contributed by atoms with Gasteiger partial charge in [-0.1, -0.05) is 6.92 Å². The van der Waals surface area contributed by atoms with E-state index < -0.39 is 0 Å². The van der Waals surface area contributed by atoms with Gasteiger partial charge in [0.1, 0.15) is 5.69 Å². The summed E-state index contributed by atoms with van der Waals surface area (Å²) in [6, 6.07) is 3.64. The van der Waals surface area contributed by atoms with Crippen LogP contribution in [0, 0.1) is 12.8 Å². The monoisotopic (exact) mass is 258 g/mol. The van der Waals surface area contributed by atoms with Gasteiger partial charge in [-0.25, -0.2) is 9.50 Å². The molecule has 100 valence electrons. The number of hydrogen-bond donors (Lipinski definition) is 0. The lowest BCUT2D eigenvalue weighted by Crippen LogP contribution is -2.39. The molecule has 5 nitrogen and oxygen atoms in total. The maximum absolute atomic E-state index is 12.6. The van der Waals surface area contributed by atoms with Crippen LogP contribution in [0.4, 0.5) is 0 Å². The van der Waals surface area contributed by atoms with Crippen molar-refractivity contribution in [3.63, 3.8) is 0 Å². The van der Waals surface area contributed by atoms with Crippen molar-refractivity contribution >= 4 is 11.6 Å². The van der Waals surface area contributed by atoms with Crippen LogP contribution in [0.15, 0.2) is 18.3 Å². The third-order valence-corrected chi connectivity index (χ3v) is 3.64. The Kier molecular flexibility index (Phi) is 2.97. The van der Waals surface area contributed by atoms with Gasteiger partial charge in [0.15, 0.2) is 5.65 Å². The molecular weight excluding hydrogens is 240 g/mol. The number of hydrogen-bond acceptors (Lipinski definition) is 3. The quantitative estimate of drug-likeness (QED) is 0.785. The minimum absolute atomic E-state index is 0.0575. The van der Waals surface area contributed by atoms with Crippen LogP contribution in [0.25, 0.3) is 5.65 Å². The standard InChI is InChI=1S/C14H18N4O/c1-10-4-3-7-17(9-10)14(19)12-5-6-15-13-8-11(2)16-18(12)13/h5-6,8,10H,3-4,7,9H2,1-2H3. The van der Waals surface area contributed by atoms with E-state index in [0.717, 1.165) is 30.9 Å². The Morgan fingerprint density at radius 3 is 3.11 bits per heavy atom. The van der Waals surface area contributed by atoms with Crippen LogP contribution in [0.1, 0.15) is 35.9 Å². The van der Waals surface area contributed by atoms with Gasteiger partial charge in [-0.15, -0.1) is 0 Å². The van der Waals surface area contributed by atoms with E-state index in [0.29, 0.717) is 11.6 Å². The fraction of sp³-hybridized carbons (Fsp3) is 0.500. The van der Waals surface area contributed by atoms with Crippen molar-refractivity contribution in [1.29, 1.82) is 0 Å². The summed E-state index contributed by atoms with van der Waals surface area (Å²) in [7, 11) is 0. The van der Waals surface area contributed by atoms with Crippen molar-refractivity contribution < 1.29 is 4.79 Å². The fourth-order valence-electron chi connectivity index (χ4n) is 2.71. The highest BCUT2D eigenvalue weighted by molar-refractivity contribution is 5.93. The van der Waals surface area contributed by atoms with Crippen LogP contribution in [-0.4, -0.2) is 38.5 Å². The van der Waals surface area contributed by atoms with E-state index in [1.54, 1.807) is 16.8 Å². The first-order chi connectivity index (χ1) is 9.15. The Labute approximate surface area is 112 Å². The van der Waals surface area contributed by atoms with Gasteiger partial charge in [0, 0.05) is 25.4 Å². The van der Waals surface area contributed by atoms with Gasteiger partial charge < -0.3 is 4.90 Å². The molecule has 1 amide bonds. The topological polar surface area (TPSA) is 50.5 Å². The number of aryl methyl sites for hydroxylation is 1. The number of carbonyl (C=O) groups is 1. The first kappa shape index (κ1) is 12.1. The fourth-order valence-corrected chi connectivity index (χ4v) is 2.71. The molecular formula is C14H18N4O. The molecule has 0 bridgehead atoms. The van der Waals surface area contributed by atoms with E-state index in [4.69, 9.17) is 0 Å². The van der Waals surface area contributed by atoms with Gasteiger partial charge in [0.25, 0.3) is 5.91 Å². The van der Waals surface area contributed by atoms with Crippen molar-refractivity contribution in [2.45, 2.75) is 26.7 Å². The van der Waals surface area contributed by atoms with E-state index in [-0.39, 0.29) is 5.91 Å². The second-order valence-electron chi connectivity index (χ2n) is 5.38. The molecule has 3 heterocycles. The predicted octanol–water partition coefficient (Wildman–Crippen LogP) is 1.91.